The van der Waals surface area contributed by atoms with Gasteiger partial charge in [0.25, 0.3) is 0 Å². The fraction of sp³-hybridized carbons (Fsp3) is 0.800. The van der Waals surface area contributed by atoms with E-state index in [0.29, 0.717) is 0 Å². The standard InChI is InChI=1S/C10H18N2O3/c1-10(2,9(14)15)12-8(13)7-5-3-4-6-11-7/h7,11H,3-6H2,1-2H3,(H,12,13)(H,14,15)/t7-/m1/s1. The number of hydrogen-bond acceptors (Lipinski definition) is 3. The number of aliphatic carboxylic acids is 1. The van der Waals surface area contributed by atoms with E-state index in [-0.39, 0.29) is 11.9 Å². The van der Waals surface area contributed by atoms with Crippen LogP contribution in [0.1, 0.15) is 33.1 Å². The number of piperidine rings is 1. The van der Waals surface area contributed by atoms with Crippen LogP contribution >= 0.6 is 0 Å². The quantitative estimate of drug-likeness (QED) is 0.623. The molecule has 1 fully saturated rings. The Kier molecular flexibility index (Phi) is 3.68. The average molecular weight is 214 g/mol. The number of carboxylic acid groups (broad SMARTS) is 1. The molecule has 1 aliphatic heterocycles. The molecule has 1 atom stereocenters. The highest BCUT2D eigenvalue weighted by Gasteiger charge is 2.32. The van der Waals surface area contributed by atoms with Gasteiger partial charge < -0.3 is 15.7 Å². The van der Waals surface area contributed by atoms with E-state index in [1.165, 1.54) is 13.8 Å². The third-order valence-electron chi connectivity index (χ3n) is 2.60. The van der Waals surface area contributed by atoms with Crippen molar-refractivity contribution >= 4 is 11.9 Å². The van der Waals surface area contributed by atoms with E-state index in [0.717, 1.165) is 25.8 Å². The van der Waals surface area contributed by atoms with Gasteiger partial charge >= 0.3 is 5.97 Å². The molecule has 0 bridgehead atoms. The normalized spacial score (nSPS) is 22.1. The van der Waals surface area contributed by atoms with Crippen LogP contribution in [-0.2, 0) is 9.59 Å². The molecule has 0 aromatic heterocycles. The van der Waals surface area contributed by atoms with Gasteiger partial charge in [0.15, 0.2) is 0 Å². The van der Waals surface area contributed by atoms with Crippen molar-refractivity contribution in [3.05, 3.63) is 0 Å². The van der Waals surface area contributed by atoms with Crippen molar-refractivity contribution in [3.63, 3.8) is 0 Å². The van der Waals surface area contributed by atoms with Crippen LogP contribution in [0.5, 0.6) is 0 Å². The lowest BCUT2D eigenvalue weighted by molar-refractivity contribution is -0.146. The highest BCUT2D eigenvalue weighted by atomic mass is 16.4. The number of carboxylic acids is 1. The van der Waals surface area contributed by atoms with Crippen molar-refractivity contribution in [1.82, 2.24) is 10.6 Å². The first kappa shape index (κ1) is 12.0. The van der Waals surface area contributed by atoms with Gasteiger partial charge in [-0.3, -0.25) is 4.79 Å². The fourth-order valence-electron chi connectivity index (χ4n) is 1.52. The molecule has 1 aliphatic rings. The van der Waals surface area contributed by atoms with Gasteiger partial charge in [0.1, 0.15) is 5.54 Å². The van der Waals surface area contributed by atoms with Gasteiger partial charge in [-0.15, -0.1) is 0 Å². The lowest BCUT2D eigenvalue weighted by Crippen LogP contribution is -2.56. The van der Waals surface area contributed by atoms with E-state index < -0.39 is 11.5 Å². The monoisotopic (exact) mass is 214 g/mol. The van der Waals surface area contributed by atoms with Crippen molar-refractivity contribution in [2.24, 2.45) is 0 Å². The van der Waals surface area contributed by atoms with Gasteiger partial charge in [0.2, 0.25) is 5.91 Å². The summed E-state index contributed by atoms with van der Waals surface area (Å²) in [6, 6.07) is -0.239. The second-order valence-corrected chi connectivity index (χ2v) is 4.42. The van der Waals surface area contributed by atoms with Gasteiger partial charge in [-0.25, -0.2) is 4.79 Å². The molecule has 15 heavy (non-hydrogen) atoms. The molecular formula is C10H18N2O3. The van der Waals surface area contributed by atoms with E-state index >= 15 is 0 Å². The third kappa shape index (κ3) is 3.20. The Hall–Kier alpha value is -1.10. The molecular weight excluding hydrogens is 196 g/mol. The average Bonchev–Trinajstić information content (AvgIpc) is 2.18. The van der Waals surface area contributed by atoms with E-state index in [2.05, 4.69) is 10.6 Å². The Balaban J connectivity index is 2.50. The topological polar surface area (TPSA) is 78.4 Å². The minimum Gasteiger partial charge on any atom is -0.480 e. The Morgan fingerprint density at radius 2 is 2.07 bits per heavy atom. The zero-order valence-corrected chi connectivity index (χ0v) is 9.17. The second-order valence-electron chi connectivity index (χ2n) is 4.42. The first-order chi connectivity index (χ1) is 6.93. The van der Waals surface area contributed by atoms with E-state index in [4.69, 9.17) is 5.11 Å². The maximum Gasteiger partial charge on any atom is 0.328 e. The number of carbonyl (C=O) groups is 2. The van der Waals surface area contributed by atoms with Crippen LogP contribution in [0.3, 0.4) is 0 Å². The zero-order valence-electron chi connectivity index (χ0n) is 9.17. The number of hydrogen-bond donors (Lipinski definition) is 3. The molecule has 5 heteroatoms. The Bertz CT molecular complexity index is 257. The number of rotatable bonds is 3. The predicted molar refractivity (Wildman–Crippen MR) is 55.5 cm³/mol. The van der Waals surface area contributed by atoms with Crippen LogP contribution in [0.25, 0.3) is 0 Å². The van der Waals surface area contributed by atoms with Gasteiger partial charge in [-0.2, -0.15) is 0 Å². The molecule has 0 spiro atoms. The van der Waals surface area contributed by atoms with Gasteiger partial charge in [-0.1, -0.05) is 6.42 Å². The first-order valence-corrected chi connectivity index (χ1v) is 5.22. The molecule has 86 valence electrons. The minimum absolute atomic E-state index is 0.220. The van der Waals surface area contributed by atoms with Crippen LogP contribution in [0.15, 0.2) is 0 Å². The Morgan fingerprint density at radius 1 is 1.40 bits per heavy atom. The summed E-state index contributed by atoms with van der Waals surface area (Å²) in [4.78, 5) is 22.5. The molecule has 1 heterocycles. The molecule has 0 aliphatic carbocycles. The molecule has 1 amide bonds. The summed E-state index contributed by atoms with van der Waals surface area (Å²) in [5.74, 6) is -1.24. The van der Waals surface area contributed by atoms with Crippen LogP contribution in [0.4, 0.5) is 0 Å². The van der Waals surface area contributed by atoms with Crippen LogP contribution in [0, 0.1) is 0 Å². The largest absolute Gasteiger partial charge is 0.480 e. The molecule has 0 aromatic rings. The summed E-state index contributed by atoms with van der Waals surface area (Å²) in [6.45, 7) is 3.79. The molecule has 3 N–H and O–H groups in total. The summed E-state index contributed by atoms with van der Waals surface area (Å²) >= 11 is 0. The lowest BCUT2D eigenvalue weighted by Gasteiger charge is -2.27. The van der Waals surface area contributed by atoms with Crippen molar-refractivity contribution in [2.75, 3.05) is 6.54 Å². The number of amides is 1. The first-order valence-electron chi connectivity index (χ1n) is 5.22. The van der Waals surface area contributed by atoms with Crippen molar-refractivity contribution in [2.45, 2.75) is 44.7 Å². The Morgan fingerprint density at radius 3 is 2.53 bits per heavy atom. The summed E-state index contributed by atoms with van der Waals surface area (Å²) < 4.78 is 0. The van der Waals surface area contributed by atoms with Crippen LogP contribution < -0.4 is 10.6 Å². The lowest BCUT2D eigenvalue weighted by atomic mass is 10.0. The predicted octanol–water partition coefficient (Wildman–Crippen LogP) is 0.108. The van der Waals surface area contributed by atoms with Gasteiger partial charge in [-0.05, 0) is 33.2 Å². The van der Waals surface area contributed by atoms with Crippen molar-refractivity contribution in [1.29, 1.82) is 0 Å². The molecule has 0 aromatic carbocycles. The maximum atomic E-state index is 11.7. The van der Waals surface area contributed by atoms with Crippen molar-refractivity contribution < 1.29 is 14.7 Å². The van der Waals surface area contributed by atoms with Gasteiger partial charge in [0.05, 0.1) is 6.04 Å². The minimum atomic E-state index is -1.20. The molecule has 1 rings (SSSR count). The SMILES string of the molecule is CC(C)(NC(=O)[C@H]1CCCCN1)C(=O)O. The fourth-order valence-corrected chi connectivity index (χ4v) is 1.52. The van der Waals surface area contributed by atoms with E-state index in [9.17, 15) is 9.59 Å². The molecule has 1 saturated heterocycles. The maximum absolute atomic E-state index is 11.7. The molecule has 0 unspecified atom stereocenters. The second kappa shape index (κ2) is 4.61. The third-order valence-corrected chi connectivity index (χ3v) is 2.60. The van der Waals surface area contributed by atoms with E-state index in [1.807, 2.05) is 0 Å². The number of carbonyl (C=O) groups excluding carboxylic acids is 1. The van der Waals surface area contributed by atoms with Crippen molar-refractivity contribution in [3.8, 4) is 0 Å². The summed E-state index contributed by atoms with van der Waals surface area (Å²) in [6.07, 6.45) is 2.87. The summed E-state index contributed by atoms with van der Waals surface area (Å²) in [5, 5.41) is 14.5. The van der Waals surface area contributed by atoms with Crippen LogP contribution in [0.2, 0.25) is 0 Å². The molecule has 0 saturated carbocycles. The zero-order chi connectivity index (χ0) is 11.5. The highest BCUT2D eigenvalue weighted by Crippen LogP contribution is 2.09. The summed E-state index contributed by atoms with van der Waals surface area (Å²) in [7, 11) is 0. The molecule has 0 radical (unpaired) electrons. The highest BCUT2D eigenvalue weighted by molar-refractivity contribution is 5.89. The Labute approximate surface area is 89.2 Å². The van der Waals surface area contributed by atoms with Crippen LogP contribution in [-0.4, -0.2) is 35.1 Å². The summed E-state index contributed by atoms with van der Waals surface area (Å²) in [5.41, 5.74) is -1.20. The van der Waals surface area contributed by atoms with Gasteiger partial charge in [0, 0.05) is 0 Å². The molecule has 5 nitrogen and oxygen atoms in total. The smallest absolute Gasteiger partial charge is 0.328 e. The number of nitrogens with one attached hydrogen (secondary N) is 2. The van der Waals surface area contributed by atoms with E-state index in [1.54, 1.807) is 0 Å².